The lowest BCUT2D eigenvalue weighted by atomic mass is 10.2. The first-order chi connectivity index (χ1) is 8.63. The molecule has 0 spiro atoms. The number of aryl methyl sites for hydroxylation is 1. The largest absolute Gasteiger partial charge is 0.379 e. The zero-order valence-corrected chi connectivity index (χ0v) is 10.3. The van der Waals surface area contributed by atoms with Crippen LogP contribution in [0.1, 0.15) is 23.0 Å². The van der Waals surface area contributed by atoms with Crippen LogP contribution in [0.4, 0.5) is 11.5 Å². The number of nitrogens with two attached hydrogens (primary N) is 1. The molecule has 18 heavy (non-hydrogen) atoms. The van der Waals surface area contributed by atoms with Crippen molar-refractivity contribution in [3.63, 3.8) is 0 Å². The number of amides is 1. The van der Waals surface area contributed by atoms with Crippen molar-refractivity contribution >= 4 is 17.4 Å². The summed E-state index contributed by atoms with van der Waals surface area (Å²) in [7, 11) is 0. The SMILES string of the molecule is CCN(C(=O)c1nonc1N)c1ccc(C)cc1. The molecular formula is C12H14N4O2. The van der Waals surface area contributed by atoms with Gasteiger partial charge in [0.2, 0.25) is 11.5 Å². The molecule has 2 N–H and O–H groups in total. The van der Waals surface area contributed by atoms with Crippen LogP contribution < -0.4 is 10.6 Å². The van der Waals surface area contributed by atoms with Crippen molar-refractivity contribution in [2.75, 3.05) is 17.2 Å². The monoisotopic (exact) mass is 246 g/mol. The molecule has 0 atom stereocenters. The van der Waals surface area contributed by atoms with Gasteiger partial charge in [0.05, 0.1) is 0 Å². The average Bonchev–Trinajstić information content (AvgIpc) is 2.78. The van der Waals surface area contributed by atoms with Crippen LogP contribution in [0.2, 0.25) is 0 Å². The Morgan fingerprint density at radius 1 is 1.33 bits per heavy atom. The van der Waals surface area contributed by atoms with Gasteiger partial charge in [-0.1, -0.05) is 17.7 Å². The number of aromatic nitrogens is 2. The third-order valence-electron chi connectivity index (χ3n) is 2.62. The van der Waals surface area contributed by atoms with Gasteiger partial charge in [-0.25, -0.2) is 4.63 Å². The molecule has 0 saturated carbocycles. The standard InChI is InChI=1S/C12H14N4O2/c1-3-16(9-6-4-8(2)5-7-9)12(17)10-11(13)15-18-14-10/h4-7H,3H2,1-2H3,(H2,13,15). The molecule has 0 unspecified atom stereocenters. The van der Waals surface area contributed by atoms with Gasteiger partial charge in [0.25, 0.3) is 5.91 Å². The molecule has 1 amide bonds. The minimum atomic E-state index is -0.319. The van der Waals surface area contributed by atoms with Crippen molar-refractivity contribution in [1.82, 2.24) is 10.3 Å². The summed E-state index contributed by atoms with van der Waals surface area (Å²) < 4.78 is 4.44. The van der Waals surface area contributed by atoms with E-state index in [0.29, 0.717) is 6.54 Å². The number of hydrogen-bond acceptors (Lipinski definition) is 5. The normalized spacial score (nSPS) is 10.3. The summed E-state index contributed by atoms with van der Waals surface area (Å²) in [6.45, 7) is 4.37. The molecule has 0 aliphatic carbocycles. The fourth-order valence-corrected chi connectivity index (χ4v) is 1.64. The van der Waals surface area contributed by atoms with E-state index in [0.717, 1.165) is 11.3 Å². The Labute approximate surface area is 104 Å². The van der Waals surface area contributed by atoms with Crippen molar-refractivity contribution in [2.24, 2.45) is 0 Å². The first-order valence-electron chi connectivity index (χ1n) is 5.60. The molecule has 2 rings (SSSR count). The number of carbonyl (C=O) groups is 1. The molecular weight excluding hydrogens is 232 g/mol. The quantitative estimate of drug-likeness (QED) is 0.889. The van der Waals surface area contributed by atoms with Gasteiger partial charge in [-0.15, -0.1) is 0 Å². The molecule has 94 valence electrons. The van der Waals surface area contributed by atoms with E-state index in [9.17, 15) is 4.79 Å². The Morgan fingerprint density at radius 3 is 2.50 bits per heavy atom. The highest BCUT2D eigenvalue weighted by Gasteiger charge is 2.22. The van der Waals surface area contributed by atoms with Crippen LogP contribution >= 0.6 is 0 Å². The fourth-order valence-electron chi connectivity index (χ4n) is 1.64. The number of nitrogen functional groups attached to an aromatic ring is 1. The fraction of sp³-hybridized carbons (Fsp3) is 0.250. The second-order valence-electron chi connectivity index (χ2n) is 3.88. The van der Waals surface area contributed by atoms with Gasteiger partial charge >= 0.3 is 0 Å². The van der Waals surface area contributed by atoms with Crippen molar-refractivity contribution in [2.45, 2.75) is 13.8 Å². The predicted molar refractivity (Wildman–Crippen MR) is 67.2 cm³/mol. The van der Waals surface area contributed by atoms with Gasteiger partial charge in [-0.3, -0.25) is 4.79 Å². The highest BCUT2D eigenvalue weighted by molar-refractivity contribution is 6.07. The second kappa shape index (κ2) is 4.87. The Morgan fingerprint density at radius 2 is 2.00 bits per heavy atom. The van der Waals surface area contributed by atoms with Crippen LogP contribution in [0.5, 0.6) is 0 Å². The van der Waals surface area contributed by atoms with E-state index in [2.05, 4.69) is 14.9 Å². The maximum absolute atomic E-state index is 12.2. The lowest BCUT2D eigenvalue weighted by Crippen LogP contribution is -2.31. The molecule has 6 heteroatoms. The average molecular weight is 246 g/mol. The summed E-state index contributed by atoms with van der Waals surface area (Å²) in [5.74, 6) is -0.314. The van der Waals surface area contributed by atoms with Crippen LogP contribution in [0.15, 0.2) is 28.9 Å². The van der Waals surface area contributed by atoms with Crippen LogP contribution in [0.25, 0.3) is 0 Å². The van der Waals surface area contributed by atoms with Gasteiger partial charge in [0, 0.05) is 12.2 Å². The first-order valence-corrected chi connectivity index (χ1v) is 5.60. The number of benzene rings is 1. The van der Waals surface area contributed by atoms with Gasteiger partial charge < -0.3 is 10.6 Å². The molecule has 0 bridgehead atoms. The van der Waals surface area contributed by atoms with Crippen molar-refractivity contribution < 1.29 is 9.42 Å². The van der Waals surface area contributed by atoms with Crippen molar-refractivity contribution in [3.8, 4) is 0 Å². The number of rotatable bonds is 3. The molecule has 0 radical (unpaired) electrons. The number of anilines is 2. The van der Waals surface area contributed by atoms with Gasteiger partial charge in [-0.2, -0.15) is 0 Å². The summed E-state index contributed by atoms with van der Waals surface area (Å²) >= 11 is 0. The van der Waals surface area contributed by atoms with Gasteiger partial charge in [0.1, 0.15) is 0 Å². The third-order valence-corrected chi connectivity index (χ3v) is 2.62. The maximum atomic E-state index is 12.2. The smallest absolute Gasteiger partial charge is 0.284 e. The topological polar surface area (TPSA) is 85.2 Å². The van der Waals surface area contributed by atoms with Crippen molar-refractivity contribution in [3.05, 3.63) is 35.5 Å². The van der Waals surface area contributed by atoms with Crippen LogP contribution in [-0.2, 0) is 0 Å². The van der Waals surface area contributed by atoms with E-state index >= 15 is 0 Å². The summed E-state index contributed by atoms with van der Waals surface area (Å²) in [6, 6.07) is 7.63. The molecule has 0 aliphatic heterocycles. The molecule has 6 nitrogen and oxygen atoms in total. The lowest BCUT2D eigenvalue weighted by molar-refractivity contribution is 0.0979. The number of hydrogen-bond donors (Lipinski definition) is 1. The Bertz CT molecular complexity index is 547. The van der Waals surface area contributed by atoms with E-state index in [1.54, 1.807) is 4.90 Å². The molecule has 1 heterocycles. The van der Waals surface area contributed by atoms with Crippen LogP contribution in [-0.4, -0.2) is 22.8 Å². The van der Waals surface area contributed by atoms with Crippen molar-refractivity contribution in [1.29, 1.82) is 0 Å². The third kappa shape index (κ3) is 2.17. The molecule has 1 aromatic carbocycles. The molecule has 0 aliphatic rings. The van der Waals surface area contributed by atoms with Crippen LogP contribution in [0, 0.1) is 6.92 Å². The zero-order chi connectivity index (χ0) is 13.1. The highest BCUT2D eigenvalue weighted by Crippen LogP contribution is 2.18. The van der Waals surface area contributed by atoms with Crippen LogP contribution in [0.3, 0.4) is 0 Å². The summed E-state index contributed by atoms with van der Waals surface area (Å²) in [5, 5.41) is 6.93. The minimum Gasteiger partial charge on any atom is -0.379 e. The molecule has 1 aromatic heterocycles. The molecule has 0 saturated heterocycles. The maximum Gasteiger partial charge on any atom is 0.284 e. The Balaban J connectivity index is 2.32. The highest BCUT2D eigenvalue weighted by atomic mass is 16.6. The summed E-state index contributed by atoms with van der Waals surface area (Å²) in [4.78, 5) is 13.8. The molecule has 2 aromatic rings. The van der Waals surface area contributed by atoms with E-state index < -0.39 is 0 Å². The Kier molecular flexibility index (Phi) is 3.27. The molecule has 0 fully saturated rings. The minimum absolute atomic E-state index is 0.00515. The van der Waals surface area contributed by atoms with E-state index in [1.807, 2.05) is 38.1 Å². The van der Waals surface area contributed by atoms with Gasteiger partial charge in [0.15, 0.2) is 0 Å². The number of carbonyl (C=O) groups excluding carboxylic acids is 1. The van der Waals surface area contributed by atoms with Gasteiger partial charge in [-0.05, 0) is 36.3 Å². The van der Waals surface area contributed by atoms with E-state index in [4.69, 9.17) is 5.73 Å². The Hall–Kier alpha value is -2.37. The first kappa shape index (κ1) is 12.1. The zero-order valence-electron chi connectivity index (χ0n) is 10.3. The summed E-state index contributed by atoms with van der Waals surface area (Å²) in [5.41, 5.74) is 7.48. The second-order valence-corrected chi connectivity index (χ2v) is 3.88. The van der Waals surface area contributed by atoms with E-state index in [-0.39, 0.29) is 17.4 Å². The predicted octanol–water partition coefficient (Wildman–Crippen LogP) is 1.63. The summed E-state index contributed by atoms with van der Waals surface area (Å²) in [6.07, 6.45) is 0. The lowest BCUT2D eigenvalue weighted by Gasteiger charge is -2.19. The number of nitrogens with zero attached hydrogens (tertiary/aromatic N) is 3. The van der Waals surface area contributed by atoms with E-state index in [1.165, 1.54) is 0 Å².